The first kappa shape index (κ1) is 18.5. The molecule has 1 aromatic carbocycles. The van der Waals surface area contributed by atoms with Crippen LogP contribution in [0.15, 0.2) is 46.8 Å². The zero-order chi connectivity index (χ0) is 18.2. The van der Waals surface area contributed by atoms with Gasteiger partial charge in [0.25, 0.3) is 5.91 Å². The first-order chi connectivity index (χ1) is 12.8. The summed E-state index contributed by atoms with van der Waals surface area (Å²) in [4.78, 5) is 19.3. The second kappa shape index (κ2) is 9.38. The molecule has 1 aliphatic heterocycles. The van der Waals surface area contributed by atoms with Gasteiger partial charge in [-0.3, -0.25) is 9.79 Å². The van der Waals surface area contributed by atoms with Crippen LogP contribution in [0.1, 0.15) is 19.3 Å². The van der Waals surface area contributed by atoms with Gasteiger partial charge in [0.15, 0.2) is 0 Å². The van der Waals surface area contributed by atoms with Gasteiger partial charge < -0.3 is 20.3 Å². The number of allylic oxidation sites excluding steroid dienone is 1. The summed E-state index contributed by atoms with van der Waals surface area (Å²) >= 11 is 0. The molecule has 1 saturated heterocycles. The number of hydrogen-bond acceptors (Lipinski definition) is 5. The third-order valence-electron chi connectivity index (χ3n) is 4.87. The Morgan fingerprint density at radius 3 is 2.65 bits per heavy atom. The maximum Gasteiger partial charge on any atom is 0.293 e. The quantitative estimate of drug-likeness (QED) is 0.447. The molecule has 0 spiro atoms. The molecular formula is C20H28N4O2. The third-order valence-corrected chi connectivity index (χ3v) is 4.87. The summed E-state index contributed by atoms with van der Waals surface area (Å²) in [5.74, 6) is 0.703. The Morgan fingerprint density at radius 1 is 1.31 bits per heavy atom. The van der Waals surface area contributed by atoms with E-state index in [-0.39, 0.29) is 5.91 Å². The highest BCUT2D eigenvalue weighted by molar-refractivity contribution is 6.05. The molecule has 140 valence electrons. The van der Waals surface area contributed by atoms with Crippen molar-refractivity contribution in [3.63, 3.8) is 0 Å². The van der Waals surface area contributed by atoms with E-state index in [1.54, 1.807) is 13.3 Å². The summed E-state index contributed by atoms with van der Waals surface area (Å²) < 4.78 is 6.06. The number of nitrogens with zero attached hydrogens (tertiary/aromatic N) is 2. The molecule has 2 fully saturated rings. The number of piperazine rings is 1. The smallest absolute Gasteiger partial charge is 0.293 e. The Kier molecular flexibility index (Phi) is 6.66. The van der Waals surface area contributed by atoms with E-state index in [1.165, 1.54) is 19.3 Å². The van der Waals surface area contributed by atoms with E-state index in [9.17, 15) is 4.79 Å². The predicted molar refractivity (Wildman–Crippen MR) is 104 cm³/mol. The predicted octanol–water partition coefficient (Wildman–Crippen LogP) is 2.26. The summed E-state index contributed by atoms with van der Waals surface area (Å²) in [6.07, 6.45) is 5.35. The lowest BCUT2D eigenvalue weighted by molar-refractivity contribution is -0.116. The zero-order valence-electron chi connectivity index (χ0n) is 15.4. The molecule has 1 heterocycles. The molecule has 6 heteroatoms. The fraction of sp³-hybridized carbons (Fsp3) is 0.500. The van der Waals surface area contributed by atoms with Crippen molar-refractivity contribution >= 4 is 17.8 Å². The van der Waals surface area contributed by atoms with Crippen LogP contribution in [0.25, 0.3) is 0 Å². The standard InChI is InChI=1S/C20H28N4O2/c1-21-14-18(24-12-10-22-11-13-24)19(26-15-16-6-5-7-16)20(25)23-17-8-3-2-4-9-17/h2-4,8-9,14,16,22H,5-7,10-13,15H2,1H3,(H,23,25)/b19-18-,21-14?. The van der Waals surface area contributed by atoms with E-state index in [4.69, 9.17) is 4.74 Å². The number of para-hydroxylation sites is 1. The van der Waals surface area contributed by atoms with Crippen LogP contribution < -0.4 is 10.6 Å². The maximum atomic E-state index is 13.0. The number of rotatable bonds is 7. The van der Waals surface area contributed by atoms with Crippen LogP contribution in [0.5, 0.6) is 0 Å². The number of hydrogen-bond donors (Lipinski definition) is 2. The Balaban J connectivity index is 1.83. The minimum absolute atomic E-state index is 0.219. The van der Waals surface area contributed by atoms with Gasteiger partial charge in [0.05, 0.1) is 6.61 Å². The van der Waals surface area contributed by atoms with E-state index < -0.39 is 0 Å². The van der Waals surface area contributed by atoms with Gasteiger partial charge in [0, 0.05) is 45.1 Å². The molecule has 0 radical (unpaired) electrons. The fourth-order valence-corrected chi connectivity index (χ4v) is 3.14. The molecule has 0 aromatic heterocycles. The molecule has 1 saturated carbocycles. The van der Waals surface area contributed by atoms with E-state index in [0.29, 0.717) is 18.3 Å². The molecule has 2 aliphatic rings. The first-order valence-electron chi connectivity index (χ1n) is 9.39. The summed E-state index contributed by atoms with van der Waals surface area (Å²) in [6.45, 7) is 4.02. The van der Waals surface area contributed by atoms with E-state index >= 15 is 0 Å². The van der Waals surface area contributed by atoms with Gasteiger partial charge in [-0.1, -0.05) is 24.6 Å². The van der Waals surface area contributed by atoms with Crippen LogP contribution in [-0.2, 0) is 9.53 Å². The second-order valence-electron chi connectivity index (χ2n) is 6.77. The van der Waals surface area contributed by atoms with Gasteiger partial charge in [-0.15, -0.1) is 0 Å². The lowest BCUT2D eigenvalue weighted by Crippen LogP contribution is -2.44. The van der Waals surface area contributed by atoms with Crippen molar-refractivity contribution in [1.82, 2.24) is 10.2 Å². The van der Waals surface area contributed by atoms with Crippen LogP contribution in [0.4, 0.5) is 5.69 Å². The van der Waals surface area contributed by atoms with Gasteiger partial charge >= 0.3 is 0 Å². The fourth-order valence-electron chi connectivity index (χ4n) is 3.14. The largest absolute Gasteiger partial charge is 0.486 e. The lowest BCUT2D eigenvalue weighted by Gasteiger charge is -2.32. The highest BCUT2D eigenvalue weighted by atomic mass is 16.5. The first-order valence-corrected chi connectivity index (χ1v) is 9.39. The molecule has 0 atom stereocenters. The van der Waals surface area contributed by atoms with Crippen LogP contribution in [0.2, 0.25) is 0 Å². The zero-order valence-corrected chi connectivity index (χ0v) is 15.4. The molecule has 2 N–H and O–H groups in total. The number of ether oxygens (including phenoxy) is 1. The highest BCUT2D eigenvalue weighted by Gasteiger charge is 2.25. The van der Waals surface area contributed by atoms with Gasteiger partial charge in [-0.2, -0.15) is 0 Å². The molecule has 1 aromatic rings. The summed E-state index contributed by atoms with van der Waals surface area (Å²) in [5.41, 5.74) is 1.53. The highest BCUT2D eigenvalue weighted by Crippen LogP contribution is 2.27. The van der Waals surface area contributed by atoms with Crippen molar-refractivity contribution in [1.29, 1.82) is 0 Å². The average Bonchev–Trinajstić information content (AvgIpc) is 2.64. The van der Waals surface area contributed by atoms with Crippen LogP contribution >= 0.6 is 0 Å². The SMILES string of the molecule is CN=C/C(=C(/OCC1CCC1)C(=O)Nc1ccccc1)N1CCNCC1. The molecule has 1 aliphatic carbocycles. The normalized spacial score (nSPS) is 19.0. The summed E-state index contributed by atoms with van der Waals surface area (Å²) in [7, 11) is 1.72. The Hall–Kier alpha value is -2.34. The Labute approximate surface area is 155 Å². The van der Waals surface area contributed by atoms with Crippen LogP contribution in [0, 0.1) is 5.92 Å². The second-order valence-corrected chi connectivity index (χ2v) is 6.77. The number of carbonyl (C=O) groups is 1. The van der Waals surface area contributed by atoms with Crippen molar-refractivity contribution in [3.8, 4) is 0 Å². The molecule has 6 nitrogen and oxygen atoms in total. The van der Waals surface area contributed by atoms with E-state index in [0.717, 1.165) is 37.6 Å². The number of nitrogens with one attached hydrogen (secondary N) is 2. The monoisotopic (exact) mass is 356 g/mol. The van der Waals surface area contributed by atoms with Crippen molar-refractivity contribution in [2.75, 3.05) is 45.2 Å². The van der Waals surface area contributed by atoms with Crippen molar-refractivity contribution in [2.24, 2.45) is 10.9 Å². The molecule has 0 unspecified atom stereocenters. The van der Waals surface area contributed by atoms with Crippen LogP contribution in [-0.4, -0.2) is 56.9 Å². The minimum Gasteiger partial charge on any atom is -0.486 e. The minimum atomic E-state index is -0.219. The number of anilines is 1. The Bertz CT molecular complexity index is 647. The molecular weight excluding hydrogens is 328 g/mol. The summed E-state index contributed by atoms with van der Waals surface area (Å²) in [5, 5.41) is 6.29. The number of benzene rings is 1. The van der Waals surface area contributed by atoms with Gasteiger partial charge in [0.2, 0.25) is 5.76 Å². The molecule has 0 bridgehead atoms. The van der Waals surface area contributed by atoms with E-state index in [2.05, 4.69) is 20.5 Å². The molecule has 26 heavy (non-hydrogen) atoms. The number of amides is 1. The topological polar surface area (TPSA) is 66.0 Å². The number of carbonyl (C=O) groups excluding carboxylic acids is 1. The third kappa shape index (κ3) is 4.85. The van der Waals surface area contributed by atoms with Gasteiger partial charge in [-0.25, -0.2) is 0 Å². The summed E-state index contributed by atoms with van der Waals surface area (Å²) in [6, 6.07) is 9.48. The maximum absolute atomic E-state index is 13.0. The van der Waals surface area contributed by atoms with Crippen LogP contribution in [0.3, 0.4) is 0 Å². The lowest BCUT2D eigenvalue weighted by atomic mass is 9.86. The Morgan fingerprint density at radius 2 is 2.04 bits per heavy atom. The molecule has 3 rings (SSSR count). The molecule has 1 amide bonds. The van der Waals surface area contributed by atoms with Crippen molar-refractivity contribution in [2.45, 2.75) is 19.3 Å². The van der Waals surface area contributed by atoms with Gasteiger partial charge in [-0.05, 0) is 30.9 Å². The average molecular weight is 356 g/mol. The number of aliphatic imine (C=N–C) groups is 1. The van der Waals surface area contributed by atoms with Gasteiger partial charge in [0.1, 0.15) is 5.70 Å². The van der Waals surface area contributed by atoms with Crippen molar-refractivity contribution in [3.05, 3.63) is 41.8 Å². The van der Waals surface area contributed by atoms with Crippen molar-refractivity contribution < 1.29 is 9.53 Å². The van der Waals surface area contributed by atoms with E-state index in [1.807, 2.05) is 30.3 Å².